The molecule has 0 fully saturated rings. The highest BCUT2D eigenvalue weighted by molar-refractivity contribution is 5.33. The fourth-order valence-electron chi connectivity index (χ4n) is 1.76. The lowest BCUT2D eigenvalue weighted by Crippen LogP contribution is -2.31. The molecule has 3 N–H and O–H groups in total. The molecule has 0 saturated carbocycles. The van der Waals surface area contributed by atoms with Crippen molar-refractivity contribution in [2.45, 2.75) is 6.04 Å². The lowest BCUT2D eigenvalue weighted by Gasteiger charge is -2.16. The summed E-state index contributed by atoms with van der Waals surface area (Å²) in [4.78, 5) is 4.28. The summed E-state index contributed by atoms with van der Waals surface area (Å²) in [7, 11) is 3.44. The first-order valence-electron chi connectivity index (χ1n) is 5.21. The van der Waals surface area contributed by atoms with Gasteiger partial charge in [0.15, 0.2) is 5.75 Å². The fraction of sp³-hybridized carbons (Fsp3) is 0.273. The van der Waals surface area contributed by atoms with Gasteiger partial charge in [0.05, 0.1) is 19.0 Å². The molecule has 0 radical (unpaired) electrons. The Labute approximate surface area is 99.4 Å². The molecule has 6 heteroatoms. The Balaban J connectivity index is 2.45. The molecule has 0 aliphatic rings. The van der Waals surface area contributed by atoms with E-state index >= 15 is 0 Å². The van der Waals surface area contributed by atoms with Crippen LogP contribution in [-0.4, -0.2) is 21.9 Å². The molecular formula is C11H15N5O. The topological polar surface area (TPSA) is 78.0 Å². The summed E-state index contributed by atoms with van der Waals surface area (Å²) in [5.41, 5.74) is 4.39. The highest BCUT2D eigenvalue weighted by atomic mass is 16.5. The summed E-state index contributed by atoms with van der Waals surface area (Å²) in [6.07, 6.45) is 3.38. The normalized spacial score (nSPS) is 12.4. The van der Waals surface area contributed by atoms with Gasteiger partial charge in [-0.2, -0.15) is 5.10 Å². The molecule has 0 aromatic carbocycles. The predicted molar refractivity (Wildman–Crippen MR) is 63.2 cm³/mol. The number of aryl methyl sites for hydroxylation is 1. The van der Waals surface area contributed by atoms with Gasteiger partial charge in [0, 0.05) is 13.2 Å². The van der Waals surface area contributed by atoms with E-state index in [1.165, 1.54) is 0 Å². The maximum atomic E-state index is 5.60. The van der Waals surface area contributed by atoms with E-state index in [0.29, 0.717) is 5.75 Å². The first-order valence-corrected chi connectivity index (χ1v) is 5.21. The van der Waals surface area contributed by atoms with Gasteiger partial charge >= 0.3 is 0 Å². The van der Waals surface area contributed by atoms with Gasteiger partial charge in [0.2, 0.25) is 0 Å². The van der Waals surface area contributed by atoms with Gasteiger partial charge in [-0.1, -0.05) is 6.07 Å². The number of hydrazine groups is 1. The minimum atomic E-state index is -0.251. The van der Waals surface area contributed by atoms with Gasteiger partial charge in [-0.25, -0.2) is 5.43 Å². The molecule has 2 aromatic rings. The smallest absolute Gasteiger partial charge is 0.162 e. The summed E-state index contributed by atoms with van der Waals surface area (Å²) in [5.74, 6) is 6.28. The van der Waals surface area contributed by atoms with Crippen LogP contribution in [0.2, 0.25) is 0 Å². The Hall–Kier alpha value is -1.92. The van der Waals surface area contributed by atoms with Crippen molar-refractivity contribution in [3.05, 3.63) is 42.0 Å². The number of pyridine rings is 1. The summed E-state index contributed by atoms with van der Waals surface area (Å²) in [6, 6.07) is 5.42. The van der Waals surface area contributed by atoms with Gasteiger partial charge in [-0.05, 0) is 12.1 Å². The molecule has 0 spiro atoms. The van der Waals surface area contributed by atoms with Crippen LogP contribution >= 0.6 is 0 Å². The molecule has 1 unspecified atom stereocenters. The number of nitrogens with zero attached hydrogens (tertiary/aromatic N) is 3. The molecule has 1 atom stereocenters. The molecule has 17 heavy (non-hydrogen) atoms. The average molecular weight is 233 g/mol. The Kier molecular flexibility index (Phi) is 3.36. The van der Waals surface area contributed by atoms with E-state index in [1.54, 1.807) is 24.2 Å². The van der Waals surface area contributed by atoms with Gasteiger partial charge in [0.25, 0.3) is 0 Å². The zero-order valence-corrected chi connectivity index (χ0v) is 9.79. The van der Waals surface area contributed by atoms with Crippen LogP contribution in [-0.2, 0) is 7.05 Å². The van der Waals surface area contributed by atoms with E-state index in [1.807, 2.05) is 25.2 Å². The van der Waals surface area contributed by atoms with Crippen molar-refractivity contribution in [1.82, 2.24) is 20.2 Å². The van der Waals surface area contributed by atoms with E-state index in [0.717, 1.165) is 11.4 Å². The number of nitrogens with one attached hydrogen (secondary N) is 1. The van der Waals surface area contributed by atoms with E-state index < -0.39 is 0 Å². The molecule has 2 rings (SSSR count). The van der Waals surface area contributed by atoms with E-state index in [2.05, 4.69) is 15.5 Å². The summed E-state index contributed by atoms with van der Waals surface area (Å²) >= 11 is 0. The van der Waals surface area contributed by atoms with E-state index in [9.17, 15) is 0 Å². The van der Waals surface area contributed by atoms with Crippen LogP contribution < -0.4 is 16.0 Å². The van der Waals surface area contributed by atoms with Crippen LogP contribution in [0.3, 0.4) is 0 Å². The average Bonchev–Trinajstić information content (AvgIpc) is 2.74. The molecule has 0 bridgehead atoms. The third-order valence-electron chi connectivity index (χ3n) is 2.59. The molecule has 2 heterocycles. The molecule has 0 aliphatic carbocycles. The predicted octanol–water partition coefficient (Wildman–Crippen LogP) is 0.376. The maximum absolute atomic E-state index is 5.60. The van der Waals surface area contributed by atoms with Crippen LogP contribution in [0, 0.1) is 0 Å². The van der Waals surface area contributed by atoms with E-state index in [4.69, 9.17) is 10.6 Å². The van der Waals surface area contributed by atoms with Crippen molar-refractivity contribution in [1.29, 1.82) is 0 Å². The number of hydrogen-bond acceptors (Lipinski definition) is 5. The molecule has 0 saturated heterocycles. The van der Waals surface area contributed by atoms with Crippen molar-refractivity contribution in [3.63, 3.8) is 0 Å². The number of methoxy groups -OCH3 is 1. The Morgan fingerprint density at radius 3 is 2.88 bits per heavy atom. The molecule has 6 nitrogen and oxygen atoms in total. The summed E-state index contributed by atoms with van der Waals surface area (Å²) < 4.78 is 6.98. The van der Waals surface area contributed by atoms with Crippen molar-refractivity contribution >= 4 is 0 Å². The zero-order chi connectivity index (χ0) is 12.3. The number of rotatable bonds is 4. The molecule has 0 amide bonds. The number of hydrogen-bond donors (Lipinski definition) is 2. The third kappa shape index (κ3) is 2.13. The van der Waals surface area contributed by atoms with Crippen LogP contribution in [0.25, 0.3) is 0 Å². The molecule has 2 aromatic heterocycles. The quantitative estimate of drug-likeness (QED) is 0.589. The Bertz CT molecular complexity index is 482. The Morgan fingerprint density at radius 1 is 1.47 bits per heavy atom. The molecular weight excluding hydrogens is 218 g/mol. The van der Waals surface area contributed by atoms with Crippen LogP contribution in [0.15, 0.2) is 30.6 Å². The summed E-state index contributed by atoms with van der Waals surface area (Å²) in [6.45, 7) is 0. The number of ether oxygens (including phenoxy) is 1. The molecule has 90 valence electrons. The maximum Gasteiger partial charge on any atom is 0.162 e. The van der Waals surface area contributed by atoms with E-state index in [-0.39, 0.29) is 6.04 Å². The lowest BCUT2D eigenvalue weighted by molar-refractivity contribution is 0.400. The third-order valence-corrected chi connectivity index (χ3v) is 2.59. The van der Waals surface area contributed by atoms with Crippen molar-refractivity contribution < 1.29 is 4.74 Å². The van der Waals surface area contributed by atoms with Crippen molar-refractivity contribution in [2.24, 2.45) is 12.9 Å². The van der Waals surface area contributed by atoms with Crippen LogP contribution in [0.5, 0.6) is 5.75 Å². The number of nitrogens with two attached hydrogens (primary N) is 1. The SMILES string of the molecule is COc1cnn(C)c1C(NN)c1ccccn1. The minimum absolute atomic E-state index is 0.251. The second kappa shape index (κ2) is 4.94. The van der Waals surface area contributed by atoms with Gasteiger partial charge < -0.3 is 4.74 Å². The first-order chi connectivity index (χ1) is 8.27. The zero-order valence-electron chi connectivity index (χ0n) is 9.79. The second-order valence-corrected chi connectivity index (χ2v) is 3.58. The van der Waals surface area contributed by atoms with Crippen molar-refractivity contribution in [2.75, 3.05) is 7.11 Å². The standard InChI is InChI=1S/C11H15N5O/c1-16-11(9(17-2)7-14-16)10(15-12)8-5-3-4-6-13-8/h3-7,10,15H,12H2,1-2H3. The molecule has 0 aliphatic heterocycles. The van der Waals surface area contributed by atoms with Crippen LogP contribution in [0.4, 0.5) is 0 Å². The monoisotopic (exact) mass is 233 g/mol. The number of aromatic nitrogens is 3. The van der Waals surface area contributed by atoms with Gasteiger partial charge in [-0.3, -0.25) is 15.5 Å². The summed E-state index contributed by atoms with van der Waals surface area (Å²) in [5, 5.41) is 4.15. The highest BCUT2D eigenvalue weighted by Crippen LogP contribution is 2.27. The van der Waals surface area contributed by atoms with Crippen molar-refractivity contribution in [3.8, 4) is 5.75 Å². The Morgan fingerprint density at radius 2 is 2.29 bits per heavy atom. The second-order valence-electron chi connectivity index (χ2n) is 3.58. The largest absolute Gasteiger partial charge is 0.493 e. The van der Waals surface area contributed by atoms with Crippen LogP contribution in [0.1, 0.15) is 17.4 Å². The fourth-order valence-corrected chi connectivity index (χ4v) is 1.76. The first kappa shape index (κ1) is 11.6. The van der Waals surface area contributed by atoms with Gasteiger partial charge in [0.1, 0.15) is 11.7 Å². The highest BCUT2D eigenvalue weighted by Gasteiger charge is 2.22. The van der Waals surface area contributed by atoms with Gasteiger partial charge in [-0.15, -0.1) is 0 Å². The lowest BCUT2D eigenvalue weighted by atomic mass is 10.1. The minimum Gasteiger partial charge on any atom is -0.493 e.